The number of carbonyl (C=O) groups is 3. The highest BCUT2D eigenvalue weighted by atomic mass is 19.1. The monoisotopic (exact) mass is 413 g/mol. The molecule has 2 aromatic rings. The summed E-state index contributed by atoms with van der Waals surface area (Å²) in [6.07, 6.45) is 0.269. The molecule has 1 fully saturated rings. The molecule has 0 saturated carbocycles. The van der Waals surface area contributed by atoms with Crippen LogP contribution in [0.15, 0.2) is 48.5 Å². The molecule has 8 heteroatoms. The minimum atomic E-state index is -1.31. The Balaban J connectivity index is 1.76. The van der Waals surface area contributed by atoms with Crippen molar-refractivity contribution < 1.29 is 23.5 Å². The molecule has 0 spiro atoms. The number of likely N-dealkylation sites (N-methyl/N-ethyl adjacent to an activating group) is 1. The van der Waals surface area contributed by atoms with Gasteiger partial charge in [0.15, 0.2) is 0 Å². The van der Waals surface area contributed by atoms with E-state index in [-0.39, 0.29) is 19.5 Å². The lowest BCUT2D eigenvalue weighted by molar-refractivity contribution is -0.138. The second kappa shape index (κ2) is 8.52. The second-order valence-corrected chi connectivity index (χ2v) is 7.15. The summed E-state index contributed by atoms with van der Waals surface area (Å²) in [5.41, 5.74) is -0.0314. The first-order chi connectivity index (χ1) is 14.3. The Morgan fingerprint density at radius 1 is 1.17 bits per heavy atom. The maximum Gasteiger partial charge on any atom is 0.325 e. The third-order valence-corrected chi connectivity index (χ3v) is 5.36. The molecule has 3 rings (SSSR count). The molecule has 1 heterocycles. The van der Waals surface area contributed by atoms with Gasteiger partial charge in [0.05, 0.1) is 7.11 Å². The lowest BCUT2D eigenvalue weighted by Gasteiger charge is -2.26. The molecule has 0 aromatic heterocycles. The van der Waals surface area contributed by atoms with Gasteiger partial charge in [0.25, 0.3) is 5.91 Å². The average Bonchev–Trinajstić information content (AvgIpc) is 2.99. The highest BCUT2D eigenvalue weighted by molar-refractivity contribution is 6.09. The molecule has 4 amide bonds. The number of ether oxygens (including phenoxy) is 1. The molecule has 1 N–H and O–H groups in total. The first kappa shape index (κ1) is 21.3. The van der Waals surface area contributed by atoms with E-state index >= 15 is 0 Å². The highest BCUT2D eigenvalue weighted by Crippen LogP contribution is 2.32. The number of amides is 4. The van der Waals surface area contributed by atoms with Crippen molar-refractivity contribution in [2.45, 2.75) is 25.4 Å². The quantitative estimate of drug-likeness (QED) is 0.708. The Hall–Kier alpha value is -3.42. The van der Waals surface area contributed by atoms with Crippen LogP contribution in [0.1, 0.15) is 24.5 Å². The van der Waals surface area contributed by atoms with Gasteiger partial charge in [-0.05, 0) is 30.2 Å². The van der Waals surface area contributed by atoms with E-state index in [4.69, 9.17) is 4.74 Å². The largest absolute Gasteiger partial charge is 0.496 e. The fraction of sp³-hybridized carbons (Fsp3) is 0.318. The maximum atomic E-state index is 13.3. The average molecular weight is 413 g/mol. The van der Waals surface area contributed by atoms with Crippen LogP contribution in [0.2, 0.25) is 0 Å². The van der Waals surface area contributed by atoms with Crippen molar-refractivity contribution in [3.63, 3.8) is 0 Å². The molecule has 30 heavy (non-hydrogen) atoms. The topological polar surface area (TPSA) is 79.0 Å². The van der Waals surface area contributed by atoms with Gasteiger partial charge in [-0.15, -0.1) is 0 Å². The van der Waals surface area contributed by atoms with E-state index in [1.807, 2.05) is 18.2 Å². The first-order valence-electron chi connectivity index (χ1n) is 9.58. The van der Waals surface area contributed by atoms with Gasteiger partial charge in [0, 0.05) is 19.2 Å². The molecule has 158 valence electrons. The molecular weight excluding hydrogens is 389 g/mol. The normalized spacial score (nSPS) is 18.3. The van der Waals surface area contributed by atoms with Crippen LogP contribution in [0, 0.1) is 5.82 Å². The van der Waals surface area contributed by atoms with E-state index < -0.39 is 29.2 Å². The SMILES string of the molecule is CC[C@]1(c2ccc(F)cc2)NC(=O)N(CC(=O)N(C)Cc2ccccc2OC)C1=O. The Bertz CT molecular complexity index is 963. The van der Waals surface area contributed by atoms with Crippen molar-refractivity contribution in [1.82, 2.24) is 15.1 Å². The van der Waals surface area contributed by atoms with E-state index in [1.54, 1.807) is 27.1 Å². The minimum Gasteiger partial charge on any atom is -0.496 e. The predicted octanol–water partition coefficient (Wildman–Crippen LogP) is 2.65. The molecule has 7 nitrogen and oxygen atoms in total. The number of hydrogen-bond acceptors (Lipinski definition) is 4. The fourth-order valence-corrected chi connectivity index (χ4v) is 3.58. The van der Waals surface area contributed by atoms with Gasteiger partial charge in [0.2, 0.25) is 5.91 Å². The third kappa shape index (κ3) is 3.85. The van der Waals surface area contributed by atoms with Crippen LogP contribution in [-0.2, 0) is 21.7 Å². The summed E-state index contributed by atoms with van der Waals surface area (Å²) in [5.74, 6) is -0.712. The molecule has 0 radical (unpaired) electrons. The number of imide groups is 1. The number of urea groups is 1. The second-order valence-electron chi connectivity index (χ2n) is 7.15. The van der Waals surface area contributed by atoms with E-state index in [0.717, 1.165) is 10.5 Å². The minimum absolute atomic E-state index is 0.267. The number of nitrogens with zero attached hydrogens (tertiary/aromatic N) is 2. The zero-order chi connectivity index (χ0) is 21.9. The molecule has 0 aliphatic carbocycles. The van der Waals surface area contributed by atoms with Crippen molar-refractivity contribution in [1.29, 1.82) is 0 Å². The molecule has 0 bridgehead atoms. The number of benzene rings is 2. The number of hydrogen-bond donors (Lipinski definition) is 1. The number of para-hydroxylation sites is 1. The number of rotatable bonds is 7. The molecule has 1 atom stereocenters. The van der Waals surface area contributed by atoms with E-state index in [0.29, 0.717) is 11.3 Å². The summed E-state index contributed by atoms with van der Waals surface area (Å²) < 4.78 is 18.6. The molecule has 0 unspecified atom stereocenters. The van der Waals surface area contributed by atoms with Crippen LogP contribution >= 0.6 is 0 Å². The van der Waals surface area contributed by atoms with Crippen LogP contribution in [0.3, 0.4) is 0 Å². The molecule has 1 saturated heterocycles. The molecule has 1 aliphatic heterocycles. The van der Waals surface area contributed by atoms with Crippen molar-refractivity contribution >= 4 is 17.8 Å². The lowest BCUT2D eigenvalue weighted by atomic mass is 9.87. The van der Waals surface area contributed by atoms with Gasteiger partial charge in [0.1, 0.15) is 23.7 Å². The molecule has 1 aliphatic rings. The summed E-state index contributed by atoms with van der Waals surface area (Å²) >= 11 is 0. The van der Waals surface area contributed by atoms with Crippen LogP contribution in [0.5, 0.6) is 5.75 Å². The lowest BCUT2D eigenvalue weighted by Crippen LogP contribution is -2.45. The van der Waals surface area contributed by atoms with Crippen LogP contribution in [0.4, 0.5) is 9.18 Å². The zero-order valence-corrected chi connectivity index (χ0v) is 17.1. The summed E-state index contributed by atoms with van der Waals surface area (Å²) in [6, 6.07) is 12.1. The Morgan fingerprint density at radius 3 is 2.47 bits per heavy atom. The van der Waals surface area contributed by atoms with E-state index in [1.165, 1.54) is 29.2 Å². The fourth-order valence-electron chi connectivity index (χ4n) is 3.58. The highest BCUT2D eigenvalue weighted by Gasteiger charge is 2.51. The van der Waals surface area contributed by atoms with Crippen molar-refractivity contribution in [3.05, 3.63) is 65.5 Å². The van der Waals surface area contributed by atoms with Gasteiger partial charge in [-0.2, -0.15) is 0 Å². The van der Waals surface area contributed by atoms with Gasteiger partial charge >= 0.3 is 6.03 Å². The van der Waals surface area contributed by atoms with Crippen molar-refractivity contribution in [2.75, 3.05) is 20.7 Å². The van der Waals surface area contributed by atoms with Crippen molar-refractivity contribution in [2.24, 2.45) is 0 Å². The Labute approximate surface area is 174 Å². The van der Waals surface area contributed by atoms with Gasteiger partial charge < -0.3 is 15.0 Å². The number of halogens is 1. The Kier molecular flexibility index (Phi) is 6.05. The predicted molar refractivity (Wildman–Crippen MR) is 108 cm³/mol. The van der Waals surface area contributed by atoms with Crippen LogP contribution < -0.4 is 10.1 Å². The molecular formula is C22H24FN3O4. The van der Waals surface area contributed by atoms with Gasteiger partial charge in [-0.3, -0.25) is 14.5 Å². The smallest absolute Gasteiger partial charge is 0.325 e. The standard InChI is InChI=1S/C22H24FN3O4/c1-4-22(16-9-11-17(23)12-10-16)20(28)26(21(29)24-22)14-19(27)25(2)13-15-7-5-6-8-18(15)30-3/h5-12H,4,13-14H2,1-3H3,(H,24,29)/t22-/m1/s1. The summed E-state index contributed by atoms with van der Waals surface area (Å²) in [5, 5.41) is 2.69. The zero-order valence-electron chi connectivity index (χ0n) is 17.1. The van der Waals surface area contributed by atoms with E-state index in [2.05, 4.69) is 5.32 Å². The summed E-state index contributed by atoms with van der Waals surface area (Å²) in [7, 11) is 3.15. The Morgan fingerprint density at radius 2 is 1.83 bits per heavy atom. The summed E-state index contributed by atoms with van der Waals surface area (Å²) in [6.45, 7) is 1.63. The number of carbonyl (C=O) groups excluding carboxylic acids is 3. The third-order valence-electron chi connectivity index (χ3n) is 5.36. The molecule has 2 aromatic carbocycles. The van der Waals surface area contributed by atoms with Gasteiger partial charge in [-0.25, -0.2) is 9.18 Å². The summed E-state index contributed by atoms with van der Waals surface area (Å²) in [4.78, 5) is 40.8. The number of nitrogens with one attached hydrogen (secondary N) is 1. The van der Waals surface area contributed by atoms with E-state index in [9.17, 15) is 18.8 Å². The number of methoxy groups -OCH3 is 1. The van der Waals surface area contributed by atoms with Gasteiger partial charge in [-0.1, -0.05) is 37.3 Å². The van der Waals surface area contributed by atoms with Crippen molar-refractivity contribution in [3.8, 4) is 5.75 Å². The van der Waals surface area contributed by atoms with Crippen LogP contribution in [-0.4, -0.2) is 48.3 Å². The van der Waals surface area contributed by atoms with Crippen LogP contribution in [0.25, 0.3) is 0 Å². The maximum absolute atomic E-state index is 13.3. The first-order valence-corrected chi connectivity index (χ1v) is 9.58.